The number of rotatable bonds is 3. The van der Waals surface area contributed by atoms with E-state index in [1.165, 1.54) is 11.1 Å². The molecular formula is C17H18N2. The SMILES string of the molecule is C=CC[C@]1(C(C#N)C#N)c2ccccc2CCC1C. The molecule has 1 aliphatic rings. The zero-order chi connectivity index (χ0) is 13.9. The molecule has 2 heteroatoms. The van der Waals surface area contributed by atoms with Crippen molar-refractivity contribution in [3.8, 4) is 12.1 Å². The quantitative estimate of drug-likeness (QED) is 0.767. The number of fused-ring (bicyclic) bond motifs is 1. The van der Waals surface area contributed by atoms with Gasteiger partial charge in [0, 0.05) is 5.41 Å². The third kappa shape index (κ3) is 1.94. The first kappa shape index (κ1) is 13.4. The molecule has 0 heterocycles. The van der Waals surface area contributed by atoms with Gasteiger partial charge in [0.2, 0.25) is 0 Å². The van der Waals surface area contributed by atoms with Gasteiger partial charge in [-0.3, -0.25) is 0 Å². The summed E-state index contributed by atoms with van der Waals surface area (Å²) < 4.78 is 0. The van der Waals surface area contributed by atoms with Crippen LogP contribution >= 0.6 is 0 Å². The Bertz CT molecular complexity index is 547. The molecule has 0 aliphatic heterocycles. The number of aryl methyl sites for hydroxylation is 1. The minimum atomic E-state index is -0.623. The van der Waals surface area contributed by atoms with Gasteiger partial charge < -0.3 is 0 Å². The Kier molecular flexibility index (Phi) is 3.72. The van der Waals surface area contributed by atoms with Crippen LogP contribution in [0.3, 0.4) is 0 Å². The summed E-state index contributed by atoms with van der Waals surface area (Å²) in [6.07, 6.45) is 4.57. The van der Waals surface area contributed by atoms with Crippen molar-refractivity contribution in [3.63, 3.8) is 0 Å². The molecule has 0 saturated carbocycles. The Morgan fingerprint density at radius 2 is 2.11 bits per heavy atom. The van der Waals surface area contributed by atoms with Gasteiger partial charge >= 0.3 is 0 Å². The lowest BCUT2D eigenvalue weighted by atomic mass is 9.57. The molecular weight excluding hydrogens is 232 g/mol. The van der Waals surface area contributed by atoms with Gasteiger partial charge in [0.1, 0.15) is 5.92 Å². The van der Waals surface area contributed by atoms with Crippen LogP contribution in [-0.2, 0) is 11.8 Å². The Balaban J connectivity index is 2.68. The summed E-state index contributed by atoms with van der Waals surface area (Å²) in [6.45, 7) is 5.99. The van der Waals surface area contributed by atoms with Crippen molar-refractivity contribution in [1.29, 1.82) is 10.5 Å². The molecule has 2 atom stereocenters. The predicted octanol–water partition coefficient (Wildman–Crippen LogP) is 3.75. The Morgan fingerprint density at radius 1 is 1.42 bits per heavy atom. The maximum absolute atomic E-state index is 9.41. The van der Waals surface area contributed by atoms with Crippen molar-refractivity contribution in [2.24, 2.45) is 11.8 Å². The number of nitriles is 2. The Hall–Kier alpha value is -2.06. The first-order chi connectivity index (χ1) is 9.20. The van der Waals surface area contributed by atoms with Crippen LogP contribution in [0, 0.1) is 34.5 Å². The van der Waals surface area contributed by atoms with E-state index in [4.69, 9.17) is 0 Å². The lowest BCUT2D eigenvalue weighted by Gasteiger charge is -2.44. The summed E-state index contributed by atoms with van der Waals surface area (Å²) in [6, 6.07) is 12.6. The Labute approximate surface area is 115 Å². The average Bonchev–Trinajstić information content (AvgIpc) is 2.44. The highest BCUT2D eigenvalue weighted by Crippen LogP contribution is 2.49. The van der Waals surface area contributed by atoms with Crippen LogP contribution in [0.4, 0.5) is 0 Å². The third-order valence-electron chi connectivity index (χ3n) is 4.50. The summed E-state index contributed by atoms with van der Waals surface area (Å²) >= 11 is 0. The molecule has 1 aromatic carbocycles. The number of hydrogen-bond donors (Lipinski definition) is 0. The van der Waals surface area contributed by atoms with Gasteiger partial charge in [-0.05, 0) is 36.3 Å². The molecule has 0 saturated heterocycles. The van der Waals surface area contributed by atoms with Gasteiger partial charge in [-0.15, -0.1) is 6.58 Å². The Morgan fingerprint density at radius 3 is 2.74 bits per heavy atom. The second kappa shape index (κ2) is 5.29. The van der Waals surface area contributed by atoms with Crippen LogP contribution in [0.5, 0.6) is 0 Å². The van der Waals surface area contributed by atoms with E-state index in [2.05, 4.69) is 37.8 Å². The maximum Gasteiger partial charge on any atom is 0.143 e. The summed E-state index contributed by atoms with van der Waals surface area (Å²) in [5.74, 6) is -0.313. The van der Waals surface area contributed by atoms with E-state index < -0.39 is 11.3 Å². The van der Waals surface area contributed by atoms with E-state index in [9.17, 15) is 10.5 Å². The van der Waals surface area contributed by atoms with Crippen molar-refractivity contribution in [2.75, 3.05) is 0 Å². The molecule has 0 N–H and O–H groups in total. The second-order valence-corrected chi connectivity index (χ2v) is 5.32. The van der Waals surface area contributed by atoms with Crippen molar-refractivity contribution >= 4 is 0 Å². The smallest absolute Gasteiger partial charge is 0.143 e. The highest BCUT2D eigenvalue weighted by atomic mass is 14.5. The van der Waals surface area contributed by atoms with Gasteiger partial charge in [-0.25, -0.2) is 0 Å². The van der Waals surface area contributed by atoms with Crippen LogP contribution < -0.4 is 0 Å². The minimum absolute atomic E-state index is 0.310. The summed E-state index contributed by atoms with van der Waals surface area (Å²) in [4.78, 5) is 0. The molecule has 0 fully saturated rings. The normalized spacial score (nSPS) is 25.2. The fourth-order valence-electron chi connectivity index (χ4n) is 3.45. The van der Waals surface area contributed by atoms with Crippen LogP contribution in [0.2, 0.25) is 0 Å². The van der Waals surface area contributed by atoms with Crippen molar-refractivity contribution in [3.05, 3.63) is 48.0 Å². The van der Waals surface area contributed by atoms with Crippen molar-refractivity contribution < 1.29 is 0 Å². The van der Waals surface area contributed by atoms with Crippen LogP contribution in [0.25, 0.3) is 0 Å². The molecule has 2 rings (SSSR count). The molecule has 0 bridgehead atoms. The van der Waals surface area contributed by atoms with E-state index in [0.29, 0.717) is 12.3 Å². The van der Waals surface area contributed by atoms with E-state index in [1.54, 1.807) is 0 Å². The zero-order valence-electron chi connectivity index (χ0n) is 11.3. The molecule has 0 aromatic heterocycles. The fraction of sp³-hybridized carbons (Fsp3) is 0.412. The van der Waals surface area contributed by atoms with Crippen LogP contribution in [0.1, 0.15) is 30.9 Å². The predicted molar refractivity (Wildman–Crippen MR) is 75.1 cm³/mol. The number of hydrogen-bond acceptors (Lipinski definition) is 2. The molecule has 0 amide bonds. The van der Waals surface area contributed by atoms with Gasteiger partial charge in [0.25, 0.3) is 0 Å². The minimum Gasteiger partial charge on any atom is -0.197 e. The summed E-state index contributed by atoms with van der Waals surface area (Å²) in [5, 5.41) is 18.8. The molecule has 1 aliphatic carbocycles. The number of allylic oxidation sites excluding steroid dienone is 1. The lowest BCUT2D eigenvalue weighted by Crippen LogP contribution is -2.43. The van der Waals surface area contributed by atoms with Gasteiger partial charge in [-0.2, -0.15) is 10.5 Å². The van der Waals surface area contributed by atoms with Gasteiger partial charge in [-0.1, -0.05) is 37.3 Å². The van der Waals surface area contributed by atoms with Crippen LogP contribution in [0.15, 0.2) is 36.9 Å². The van der Waals surface area contributed by atoms with Crippen LogP contribution in [-0.4, -0.2) is 0 Å². The number of nitrogens with zero attached hydrogens (tertiary/aromatic N) is 2. The maximum atomic E-state index is 9.41. The molecule has 1 aromatic rings. The first-order valence-electron chi connectivity index (χ1n) is 6.69. The molecule has 2 nitrogen and oxygen atoms in total. The molecule has 0 radical (unpaired) electrons. The standard InChI is InChI=1S/C17H18N2/c1-3-10-17(15(11-18)12-19)13(2)8-9-14-6-4-5-7-16(14)17/h3-7,13,15H,1,8-10H2,2H3/t13?,17-/m0/s1. The fourth-order valence-corrected chi connectivity index (χ4v) is 3.45. The van der Waals surface area contributed by atoms with E-state index in [0.717, 1.165) is 12.8 Å². The van der Waals surface area contributed by atoms with E-state index >= 15 is 0 Å². The molecule has 19 heavy (non-hydrogen) atoms. The average molecular weight is 250 g/mol. The highest BCUT2D eigenvalue weighted by molar-refractivity contribution is 5.42. The topological polar surface area (TPSA) is 47.6 Å². The van der Waals surface area contributed by atoms with Crippen molar-refractivity contribution in [1.82, 2.24) is 0 Å². The highest BCUT2D eigenvalue weighted by Gasteiger charge is 2.47. The second-order valence-electron chi connectivity index (χ2n) is 5.32. The molecule has 1 unspecified atom stereocenters. The van der Waals surface area contributed by atoms with Crippen molar-refractivity contribution in [2.45, 2.75) is 31.6 Å². The summed E-state index contributed by atoms with van der Waals surface area (Å²) in [7, 11) is 0. The van der Waals surface area contributed by atoms with Gasteiger partial charge in [0.05, 0.1) is 12.1 Å². The lowest BCUT2D eigenvalue weighted by molar-refractivity contribution is 0.222. The number of benzene rings is 1. The third-order valence-corrected chi connectivity index (χ3v) is 4.50. The first-order valence-corrected chi connectivity index (χ1v) is 6.69. The van der Waals surface area contributed by atoms with E-state index in [-0.39, 0.29) is 0 Å². The van der Waals surface area contributed by atoms with Gasteiger partial charge in [0.15, 0.2) is 0 Å². The van der Waals surface area contributed by atoms with E-state index in [1.807, 2.05) is 18.2 Å². The molecule has 96 valence electrons. The largest absolute Gasteiger partial charge is 0.197 e. The summed E-state index contributed by atoms with van der Waals surface area (Å²) in [5.41, 5.74) is 2.04. The monoisotopic (exact) mass is 250 g/mol. The zero-order valence-corrected chi connectivity index (χ0v) is 11.3. The molecule has 0 spiro atoms.